The van der Waals surface area contributed by atoms with Crippen molar-refractivity contribution < 1.29 is 4.79 Å². The molecule has 1 amide bonds. The van der Waals surface area contributed by atoms with E-state index >= 15 is 0 Å². The van der Waals surface area contributed by atoms with Gasteiger partial charge in [0.2, 0.25) is 0 Å². The predicted molar refractivity (Wildman–Crippen MR) is 85.3 cm³/mol. The maximum atomic E-state index is 12.1. The quantitative estimate of drug-likeness (QED) is 0.844. The molecule has 0 aliphatic heterocycles. The molecule has 1 heterocycles. The van der Waals surface area contributed by atoms with Crippen LogP contribution in [0.3, 0.4) is 0 Å². The van der Waals surface area contributed by atoms with Gasteiger partial charge in [0.15, 0.2) is 0 Å². The molecule has 4 heteroatoms. The normalized spacial score (nSPS) is 10.5. The van der Waals surface area contributed by atoms with Crippen LogP contribution in [0.1, 0.15) is 33.3 Å². The molecule has 2 nitrogen and oxygen atoms in total. The van der Waals surface area contributed by atoms with Gasteiger partial charge in [0, 0.05) is 5.69 Å². The molecule has 19 heavy (non-hydrogen) atoms. The standard InChI is InChI=1S/C15H16BrNOS/c1-4-11-8-12(6-5-9(11)2)17-15(18)13-7-10(3)14(16)19-13/h5-8H,4H2,1-3H3,(H,17,18). The van der Waals surface area contributed by atoms with Gasteiger partial charge in [-0.3, -0.25) is 4.79 Å². The summed E-state index contributed by atoms with van der Waals surface area (Å²) in [6, 6.07) is 7.94. The van der Waals surface area contributed by atoms with Crippen molar-refractivity contribution in [3.8, 4) is 0 Å². The second-order valence-corrected chi connectivity index (χ2v) is 6.89. The highest BCUT2D eigenvalue weighted by Crippen LogP contribution is 2.28. The lowest BCUT2D eigenvalue weighted by molar-refractivity contribution is 0.103. The van der Waals surface area contributed by atoms with Crippen LogP contribution in [0.25, 0.3) is 0 Å². The Kier molecular flexibility index (Phi) is 4.42. The van der Waals surface area contributed by atoms with Crippen molar-refractivity contribution in [1.82, 2.24) is 0 Å². The number of aryl methyl sites for hydroxylation is 3. The van der Waals surface area contributed by atoms with Crippen molar-refractivity contribution in [2.75, 3.05) is 5.32 Å². The Morgan fingerprint density at radius 1 is 1.26 bits per heavy atom. The van der Waals surface area contributed by atoms with E-state index in [-0.39, 0.29) is 5.91 Å². The predicted octanol–water partition coefficient (Wildman–Crippen LogP) is 4.94. The molecule has 1 aromatic heterocycles. The molecule has 0 atom stereocenters. The lowest BCUT2D eigenvalue weighted by atomic mass is 10.1. The Bertz CT molecular complexity index is 599. The van der Waals surface area contributed by atoms with Crippen LogP contribution in [0, 0.1) is 13.8 Å². The Labute approximate surface area is 126 Å². The average molecular weight is 338 g/mol. The molecular formula is C15H16BrNOS. The molecule has 0 saturated carbocycles. The van der Waals surface area contributed by atoms with E-state index in [0.717, 1.165) is 26.3 Å². The van der Waals surface area contributed by atoms with Gasteiger partial charge in [0.05, 0.1) is 8.66 Å². The number of hydrogen-bond acceptors (Lipinski definition) is 2. The number of nitrogens with one attached hydrogen (secondary N) is 1. The lowest BCUT2D eigenvalue weighted by Gasteiger charge is -2.08. The molecule has 0 bridgehead atoms. The minimum Gasteiger partial charge on any atom is -0.321 e. The summed E-state index contributed by atoms with van der Waals surface area (Å²) in [5.74, 6) is -0.0512. The highest BCUT2D eigenvalue weighted by Gasteiger charge is 2.11. The molecule has 2 aromatic rings. The van der Waals surface area contributed by atoms with Gasteiger partial charge in [-0.1, -0.05) is 13.0 Å². The summed E-state index contributed by atoms with van der Waals surface area (Å²) in [7, 11) is 0. The van der Waals surface area contributed by atoms with Crippen LogP contribution in [0.5, 0.6) is 0 Å². The van der Waals surface area contributed by atoms with Crippen LogP contribution in [0.4, 0.5) is 5.69 Å². The summed E-state index contributed by atoms with van der Waals surface area (Å²) in [6.07, 6.45) is 0.971. The minimum absolute atomic E-state index is 0.0512. The van der Waals surface area contributed by atoms with E-state index in [4.69, 9.17) is 0 Å². The van der Waals surface area contributed by atoms with E-state index in [1.807, 2.05) is 31.2 Å². The van der Waals surface area contributed by atoms with E-state index in [0.29, 0.717) is 0 Å². The summed E-state index contributed by atoms with van der Waals surface area (Å²) in [5.41, 5.74) is 4.47. The van der Waals surface area contributed by atoms with Crippen LogP contribution in [-0.4, -0.2) is 5.91 Å². The highest BCUT2D eigenvalue weighted by molar-refractivity contribution is 9.11. The molecule has 0 fully saturated rings. The number of anilines is 1. The topological polar surface area (TPSA) is 29.1 Å². The van der Waals surface area contributed by atoms with Crippen molar-refractivity contribution in [1.29, 1.82) is 0 Å². The first kappa shape index (κ1) is 14.3. The average Bonchev–Trinajstić information content (AvgIpc) is 2.72. The number of benzene rings is 1. The maximum Gasteiger partial charge on any atom is 0.265 e. The fourth-order valence-electron chi connectivity index (χ4n) is 1.89. The molecule has 0 radical (unpaired) electrons. The molecule has 0 unspecified atom stereocenters. The zero-order valence-electron chi connectivity index (χ0n) is 11.2. The van der Waals surface area contributed by atoms with Crippen molar-refractivity contribution >= 4 is 38.9 Å². The maximum absolute atomic E-state index is 12.1. The van der Waals surface area contributed by atoms with Crippen LogP contribution in [0.2, 0.25) is 0 Å². The number of halogens is 1. The van der Waals surface area contributed by atoms with Gasteiger partial charge in [0.1, 0.15) is 0 Å². The first-order chi connectivity index (χ1) is 9.01. The lowest BCUT2D eigenvalue weighted by Crippen LogP contribution is -2.10. The molecular weight excluding hydrogens is 322 g/mol. The fraction of sp³-hybridized carbons (Fsp3) is 0.267. The summed E-state index contributed by atoms with van der Waals surface area (Å²) in [5, 5.41) is 2.95. The highest BCUT2D eigenvalue weighted by atomic mass is 79.9. The van der Waals surface area contributed by atoms with Gasteiger partial charge in [0.25, 0.3) is 5.91 Å². The fourth-order valence-corrected chi connectivity index (χ4v) is 3.32. The van der Waals surface area contributed by atoms with Crippen LogP contribution >= 0.6 is 27.3 Å². The third kappa shape index (κ3) is 3.25. The summed E-state index contributed by atoms with van der Waals surface area (Å²) >= 11 is 4.90. The SMILES string of the molecule is CCc1cc(NC(=O)c2cc(C)c(Br)s2)ccc1C. The van der Waals surface area contributed by atoms with E-state index in [2.05, 4.69) is 35.1 Å². The zero-order valence-corrected chi connectivity index (χ0v) is 13.6. The van der Waals surface area contributed by atoms with Crippen molar-refractivity contribution in [3.63, 3.8) is 0 Å². The van der Waals surface area contributed by atoms with E-state index in [1.165, 1.54) is 22.5 Å². The molecule has 1 aromatic carbocycles. The van der Waals surface area contributed by atoms with Gasteiger partial charge in [-0.05, 0) is 71.1 Å². The van der Waals surface area contributed by atoms with E-state index < -0.39 is 0 Å². The van der Waals surface area contributed by atoms with Gasteiger partial charge in [-0.2, -0.15) is 0 Å². The van der Waals surface area contributed by atoms with Gasteiger partial charge < -0.3 is 5.32 Å². The summed E-state index contributed by atoms with van der Waals surface area (Å²) < 4.78 is 1.01. The first-order valence-corrected chi connectivity index (χ1v) is 7.79. The second-order valence-electron chi connectivity index (χ2n) is 4.52. The van der Waals surface area contributed by atoms with Crippen LogP contribution < -0.4 is 5.32 Å². The van der Waals surface area contributed by atoms with E-state index in [9.17, 15) is 4.79 Å². The third-order valence-electron chi connectivity index (χ3n) is 3.07. The minimum atomic E-state index is -0.0512. The molecule has 0 aliphatic carbocycles. The number of hydrogen-bond donors (Lipinski definition) is 1. The molecule has 0 aliphatic rings. The van der Waals surface area contributed by atoms with Crippen molar-refractivity contribution in [2.24, 2.45) is 0 Å². The number of thiophene rings is 1. The summed E-state index contributed by atoms with van der Waals surface area (Å²) in [4.78, 5) is 12.9. The van der Waals surface area contributed by atoms with Crippen molar-refractivity contribution in [2.45, 2.75) is 27.2 Å². The summed E-state index contributed by atoms with van der Waals surface area (Å²) in [6.45, 7) is 6.19. The van der Waals surface area contributed by atoms with Crippen LogP contribution in [0.15, 0.2) is 28.1 Å². The monoisotopic (exact) mass is 337 g/mol. The third-order valence-corrected chi connectivity index (χ3v) is 5.20. The molecule has 0 saturated heterocycles. The van der Waals surface area contributed by atoms with Crippen molar-refractivity contribution in [3.05, 3.63) is 49.6 Å². The number of carbonyl (C=O) groups excluding carboxylic acids is 1. The number of amides is 1. The molecule has 0 spiro atoms. The Balaban J connectivity index is 2.19. The Hall–Kier alpha value is -1.13. The van der Waals surface area contributed by atoms with Crippen LogP contribution in [-0.2, 0) is 6.42 Å². The largest absolute Gasteiger partial charge is 0.321 e. The molecule has 2 rings (SSSR count). The van der Waals surface area contributed by atoms with Gasteiger partial charge >= 0.3 is 0 Å². The number of rotatable bonds is 3. The zero-order chi connectivity index (χ0) is 14.0. The van der Waals surface area contributed by atoms with Gasteiger partial charge in [-0.25, -0.2) is 0 Å². The Morgan fingerprint density at radius 3 is 2.58 bits per heavy atom. The Morgan fingerprint density at radius 2 is 2.00 bits per heavy atom. The molecule has 1 N–H and O–H groups in total. The first-order valence-electron chi connectivity index (χ1n) is 6.18. The smallest absolute Gasteiger partial charge is 0.265 e. The van der Waals surface area contributed by atoms with Gasteiger partial charge in [-0.15, -0.1) is 11.3 Å². The van der Waals surface area contributed by atoms with E-state index in [1.54, 1.807) is 0 Å². The molecule has 100 valence electrons. The number of carbonyl (C=O) groups is 1. The second kappa shape index (κ2) is 5.88.